The van der Waals surface area contributed by atoms with E-state index in [1.807, 2.05) is 0 Å². The van der Waals surface area contributed by atoms with Crippen molar-refractivity contribution < 1.29 is 9.47 Å². The molecule has 0 aliphatic rings. The van der Waals surface area contributed by atoms with E-state index in [0.29, 0.717) is 17.5 Å². The summed E-state index contributed by atoms with van der Waals surface area (Å²) >= 11 is 5.86. The molecule has 0 aliphatic carbocycles. The number of ether oxygens (including phenoxy) is 2. The maximum Gasteiger partial charge on any atom is 0.240 e. The molecule has 5 heteroatoms. The van der Waals surface area contributed by atoms with Crippen molar-refractivity contribution in [2.75, 3.05) is 14.2 Å². The Morgan fingerprint density at radius 3 is 2.54 bits per heavy atom. The Labute approximate surface area is 81.9 Å². The Morgan fingerprint density at radius 2 is 2.08 bits per heavy atom. The van der Waals surface area contributed by atoms with E-state index in [1.54, 1.807) is 6.92 Å². The summed E-state index contributed by atoms with van der Waals surface area (Å²) in [4.78, 5) is 8.11. The van der Waals surface area contributed by atoms with Crippen LogP contribution in [-0.2, 0) is 0 Å². The van der Waals surface area contributed by atoms with Gasteiger partial charge in [-0.15, -0.1) is 11.6 Å². The summed E-state index contributed by atoms with van der Waals surface area (Å²) in [7, 11) is 3.04. The van der Waals surface area contributed by atoms with Crippen LogP contribution in [0, 0.1) is 0 Å². The van der Waals surface area contributed by atoms with E-state index in [1.165, 1.54) is 20.4 Å². The van der Waals surface area contributed by atoms with Gasteiger partial charge < -0.3 is 9.47 Å². The largest absolute Gasteiger partial charge is 0.480 e. The Hall–Kier alpha value is -1.03. The number of aromatic nitrogens is 2. The summed E-state index contributed by atoms with van der Waals surface area (Å²) in [5.74, 6) is 0.819. The molecule has 1 aromatic rings. The first-order valence-corrected chi connectivity index (χ1v) is 4.21. The Kier molecular flexibility index (Phi) is 3.31. The molecule has 0 saturated carbocycles. The highest BCUT2D eigenvalue weighted by atomic mass is 35.5. The molecule has 0 fully saturated rings. The van der Waals surface area contributed by atoms with Gasteiger partial charge in [0.15, 0.2) is 0 Å². The topological polar surface area (TPSA) is 44.2 Å². The third-order valence-corrected chi connectivity index (χ3v) is 1.73. The SMILES string of the molecule is COc1cnc(C(C)Cl)c(OC)n1. The Balaban J connectivity index is 3.08. The first-order chi connectivity index (χ1) is 6.19. The lowest BCUT2D eigenvalue weighted by atomic mass is 10.3. The van der Waals surface area contributed by atoms with Crippen LogP contribution in [0.5, 0.6) is 11.8 Å². The Bertz CT molecular complexity index is 291. The van der Waals surface area contributed by atoms with Gasteiger partial charge in [0.25, 0.3) is 0 Å². The molecule has 0 spiro atoms. The lowest BCUT2D eigenvalue weighted by Crippen LogP contribution is -2.00. The molecule has 0 aliphatic heterocycles. The van der Waals surface area contributed by atoms with Crippen LogP contribution in [0.4, 0.5) is 0 Å². The average Bonchev–Trinajstić information content (AvgIpc) is 2.16. The first kappa shape index (κ1) is 10.1. The molecule has 1 rings (SSSR count). The third kappa shape index (κ3) is 2.21. The van der Waals surface area contributed by atoms with Gasteiger partial charge in [-0.2, -0.15) is 4.98 Å². The number of hydrogen-bond donors (Lipinski definition) is 0. The second-order valence-corrected chi connectivity index (χ2v) is 3.08. The van der Waals surface area contributed by atoms with Crippen LogP contribution >= 0.6 is 11.6 Å². The number of rotatable bonds is 3. The van der Waals surface area contributed by atoms with Gasteiger partial charge in [-0.3, -0.25) is 0 Å². The van der Waals surface area contributed by atoms with E-state index in [2.05, 4.69) is 9.97 Å². The highest BCUT2D eigenvalue weighted by Crippen LogP contribution is 2.26. The van der Waals surface area contributed by atoms with Crippen molar-refractivity contribution in [2.45, 2.75) is 12.3 Å². The van der Waals surface area contributed by atoms with Crippen LogP contribution < -0.4 is 9.47 Å². The fourth-order valence-corrected chi connectivity index (χ4v) is 1.04. The summed E-state index contributed by atoms with van der Waals surface area (Å²) < 4.78 is 9.91. The highest BCUT2D eigenvalue weighted by Gasteiger charge is 2.12. The zero-order valence-corrected chi connectivity index (χ0v) is 8.50. The molecule has 4 nitrogen and oxygen atoms in total. The molecule has 0 amide bonds. The van der Waals surface area contributed by atoms with Gasteiger partial charge in [0.2, 0.25) is 11.8 Å². The molecule has 0 aromatic carbocycles. The molecule has 1 atom stereocenters. The van der Waals surface area contributed by atoms with Crippen molar-refractivity contribution in [1.82, 2.24) is 9.97 Å². The molecule has 1 unspecified atom stereocenters. The third-order valence-electron chi connectivity index (χ3n) is 1.52. The van der Waals surface area contributed by atoms with Crippen molar-refractivity contribution in [3.8, 4) is 11.8 Å². The van der Waals surface area contributed by atoms with E-state index in [-0.39, 0.29) is 5.38 Å². The number of halogens is 1. The molecule has 0 N–H and O–H groups in total. The number of alkyl halides is 1. The second kappa shape index (κ2) is 4.28. The molecule has 1 heterocycles. The molecule has 1 aromatic heterocycles. The van der Waals surface area contributed by atoms with Crippen LogP contribution in [0.3, 0.4) is 0 Å². The fourth-order valence-electron chi connectivity index (χ4n) is 0.888. The Morgan fingerprint density at radius 1 is 1.38 bits per heavy atom. The predicted octanol–water partition coefficient (Wildman–Crippen LogP) is 1.79. The lowest BCUT2D eigenvalue weighted by Gasteiger charge is -2.08. The minimum atomic E-state index is -0.228. The van der Waals surface area contributed by atoms with Crippen molar-refractivity contribution in [1.29, 1.82) is 0 Å². The minimum Gasteiger partial charge on any atom is -0.480 e. The maximum absolute atomic E-state index is 5.86. The summed E-state index contributed by atoms with van der Waals surface area (Å²) in [6.07, 6.45) is 1.51. The van der Waals surface area contributed by atoms with Crippen LogP contribution in [0.25, 0.3) is 0 Å². The summed E-state index contributed by atoms with van der Waals surface area (Å²) in [6, 6.07) is 0. The van der Waals surface area contributed by atoms with Gasteiger partial charge >= 0.3 is 0 Å². The zero-order chi connectivity index (χ0) is 9.84. The zero-order valence-electron chi connectivity index (χ0n) is 7.74. The highest BCUT2D eigenvalue weighted by molar-refractivity contribution is 6.20. The lowest BCUT2D eigenvalue weighted by molar-refractivity contribution is 0.356. The van der Waals surface area contributed by atoms with Crippen molar-refractivity contribution in [3.63, 3.8) is 0 Å². The predicted molar refractivity (Wildman–Crippen MR) is 49.4 cm³/mol. The molecule has 0 bridgehead atoms. The van der Waals surface area contributed by atoms with Gasteiger partial charge in [-0.1, -0.05) is 0 Å². The fraction of sp³-hybridized carbons (Fsp3) is 0.500. The van der Waals surface area contributed by atoms with Crippen LogP contribution in [0.1, 0.15) is 18.0 Å². The molecular weight excluding hydrogens is 192 g/mol. The van der Waals surface area contributed by atoms with Gasteiger partial charge in [0.1, 0.15) is 5.69 Å². The van der Waals surface area contributed by atoms with Crippen LogP contribution in [-0.4, -0.2) is 24.2 Å². The van der Waals surface area contributed by atoms with E-state index in [4.69, 9.17) is 21.1 Å². The van der Waals surface area contributed by atoms with Crippen molar-refractivity contribution in [3.05, 3.63) is 11.9 Å². The first-order valence-electron chi connectivity index (χ1n) is 3.78. The average molecular weight is 203 g/mol. The van der Waals surface area contributed by atoms with Crippen LogP contribution in [0.15, 0.2) is 6.20 Å². The summed E-state index contributed by atoms with van der Waals surface area (Å²) in [5.41, 5.74) is 0.616. The van der Waals surface area contributed by atoms with Crippen LogP contribution in [0.2, 0.25) is 0 Å². The molecule has 0 saturated heterocycles. The van der Waals surface area contributed by atoms with Gasteiger partial charge in [0, 0.05) is 0 Å². The molecule has 0 radical (unpaired) electrons. The van der Waals surface area contributed by atoms with Gasteiger partial charge in [-0.05, 0) is 6.92 Å². The van der Waals surface area contributed by atoms with Crippen molar-refractivity contribution >= 4 is 11.6 Å². The van der Waals surface area contributed by atoms with E-state index in [0.717, 1.165) is 0 Å². The molecule has 13 heavy (non-hydrogen) atoms. The second-order valence-electron chi connectivity index (χ2n) is 2.42. The normalized spacial score (nSPS) is 12.3. The van der Waals surface area contributed by atoms with E-state index >= 15 is 0 Å². The van der Waals surface area contributed by atoms with E-state index < -0.39 is 0 Å². The number of methoxy groups -OCH3 is 2. The molecular formula is C8H11ClN2O2. The van der Waals surface area contributed by atoms with E-state index in [9.17, 15) is 0 Å². The quantitative estimate of drug-likeness (QED) is 0.701. The summed E-state index contributed by atoms with van der Waals surface area (Å²) in [6.45, 7) is 1.81. The smallest absolute Gasteiger partial charge is 0.240 e. The van der Waals surface area contributed by atoms with Gasteiger partial charge in [0.05, 0.1) is 25.8 Å². The molecule has 72 valence electrons. The summed E-state index contributed by atoms with van der Waals surface area (Å²) in [5, 5.41) is -0.228. The standard InChI is InChI=1S/C8H11ClN2O2/c1-5(9)7-8(13-3)11-6(12-2)4-10-7/h4-5H,1-3H3. The van der Waals surface area contributed by atoms with Crippen molar-refractivity contribution in [2.24, 2.45) is 0 Å². The maximum atomic E-state index is 5.86. The minimum absolute atomic E-state index is 0.228. The van der Waals surface area contributed by atoms with Gasteiger partial charge in [-0.25, -0.2) is 4.98 Å². The number of nitrogens with zero attached hydrogens (tertiary/aromatic N) is 2. The number of hydrogen-bond acceptors (Lipinski definition) is 4. The monoisotopic (exact) mass is 202 g/mol.